The van der Waals surface area contributed by atoms with Crippen LogP contribution in [0.3, 0.4) is 0 Å². The van der Waals surface area contributed by atoms with Crippen molar-refractivity contribution in [2.24, 2.45) is 0 Å². The molecule has 0 saturated carbocycles. The molecule has 90 valence electrons. The van der Waals surface area contributed by atoms with Crippen LogP contribution in [0.1, 0.15) is 16.2 Å². The van der Waals surface area contributed by atoms with Gasteiger partial charge in [0.2, 0.25) is 0 Å². The highest BCUT2D eigenvalue weighted by Gasteiger charge is 2.12. The van der Waals surface area contributed by atoms with E-state index in [-0.39, 0.29) is 5.91 Å². The van der Waals surface area contributed by atoms with Gasteiger partial charge < -0.3 is 15.3 Å². The third-order valence-electron chi connectivity index (χ3n) is 2.97. The number of hydrogen-bond acceptors (Lipinski definition) is 1. The Morgan fingerprint density at radius 2 is 2.00 bits per heavy atom. The number of benzene rings is 1. The van der Waals surface area contributed by atoms with Crippen molar-refractivity contribution in [3.63, 3.8) is 0 Å². The van der Waals surface area contributed by atoms with E-state index in [9.17, 15) is 4.79 Å². The van der Waals surface area contributed by atoms with Gasteiger partial charge in [0.15, 0.2) is 0 Å². The Morgan fingerprint density at radius 3 is 2.78 bits per heavy atom. The van der Waals surface area contributed by atoms with Gasteiger partial charge in [-0.25, -0.2) is 0 Å². The molecular weight excluding hydrogens is 226 g/mol. The van der Waals surface area contributed by atoms with Crippen LogP contribution in [0.15, 0.2) is 42.6 Å². The molecule has 0 aliphatic rings. The number of anilines is 1. The van der Waals surface area contributed by atoms with Crippen LogP contribution in [0.25, 0.3) is 10.9 Å². The number of hydrogen-bond donors (Lipinski definition) is 3. The first kappa shape index (κ1) is 10.7. The number of H-pyrrole nitrogens is 2. The fourth-order valence-corrected chi connectivity index (χ4v) is 2.09. The van der Waals surface area contributed by atoms with E-state index in [1.165, 1.54) is 0 Å². The van der Waals surface area contributed by atoms with Gasteiger partial charge in [0.25, 0.3) is 5.91 Å². The average molecular weight is 239 g/mol. The van der Waals surface area contributed by atoms with E-state index in [0.29, 0.717) is 5.69 Å². The van der Waals surface area contributed by atoms with Gasteiger partial charge in [0.1, 0.15) is 5.69 Å². The first-order chi connectivity index (χ1) is 8.75. The van der Waals surface area contributed by atoms with Crippen LogP contribution in [-0.4, -0.2) is 15.9 Å². The molecule has 3 N–H and O–H groups in total. The molecule has 0 atom stereocenters. The molecule has 4 nitrogen and oxygen atoms in total. The van der Waals surface area contributed by atoms with Crippen molar-refractivity contribution in [1.29, 1.82) is 0 Å². The van der Waals surface area contributed by atoms with Crippen molar-refractivity contribution in [3.8, 4) is 0 Å². The molecular formula is C14H13N3O. The van der Waals surface area contributed by atoms with E-state index in [2.05, 4.69) is 15.3 Å². The number of carbonyl (C=O) groups excluding carboxylic acids is 1. The van der Waals surface area contributed by atoms with Crippen LogP contribution in [0.2, 0.25) is 0 Å². The molecule has 3 aromatic rings. The van der Waals surface area contributed by atoms with Gasteiger partial charge in [-0.1, -0.05) is 18.2 Å². The van der Waals surface area contributed by atoms with E-state index in [4.69, 9.17) is 0 Å². The molecule has 0 fully saturated rings. The Morgan fingerprint density at radius 1 is 1.17 bits per heavy atom. The van der Waals surface area contributed by atoms with Gasteiger partial charge >= 0.3 is 0 Å². The zero-order chi connectivity index (χ0) is 12.5. The zero-order valence-electron chi connectivity index (χ0n) is 9.95. The summed E-state index contributed by atoms with van der Waals surface area (Å²) in [6.07, 6.45) is 1.73. The number of aromatic nitrogens is 2. The lowest BCUT2D eigenvalue weighted by Gasteiger charge is -2.03. The Hall–Kier alpha value is -2.49. The lowest BCUT2D eigenvalue weighted by Crippen LogP contribution is -2.12. The maximum Gasteiger partial charge on any atom is 0.272 e. The summed E-state index contributed by atoms with van der Waals surface area (Å²) in [4.78, 5) is 18.2. The Labute approximate surface area is 104 Å². The molecule has 2 heterocycles. The Balaban J connectivity index is 2.00. The quantitative estimate of drug-likeness (QED) is 0.632. The minimum Gasteiger partial charge on any atom is -0.357 e. The largest absolute Gasteiger partial charge is 0.357 e. The van der Waals surface area contributed by atoms with E-state index in [0.717, 1.165) is 22.3 Å². The van der Waals surface area contributed by atoms with E-state index >= 15 is 0 Å². The summed E-state index contributed by atoms with van der Waals surface area (Å²) in [5, 5.41) is 3.96. The summed E-state index contributed by atoms with van der Waals surface area (Å²) in [5.74, 6) is -0.132. The molecule has 0 unspecified atom stereocenters. The first-order valence-corrected chi connectivity index (χ1v) is 5.78. The average Bonchev–Trinajstić information content (AvgIpc) is 2.98. The topological polar surface area (TPSA) is 60.7 Å². The number of para-hydroxylation sites is 1. The number of aryl methyl sites for hydroxylation is 1. The molecule has 0 spiro atoms. The molecule has 1 aromatic carbocycles. The molecule has 3 rings (SSSR count). The summed E-state index contributed by atoms with van der Waals surface area (Å²) in [5.41, 5.74) is 3.37. The lowest BCUT2D eigenvalue weighted by atomic mass is 10.2. The van der Waals surface area contributed by atoms with Crippen LogP contribution in [0.5, 0.6) is 0 Å². The summed E-state index contributed by atoms with van der Waals surface area (Å²) >= 11 is 0. The van der Waals surface area contributed by atoms with Gasteiger partial charge in [-0.15, -0.1) is 0 Å². The maximum absolute atomic E-state index is 12.0. The van der Waals surface area contributed by atoms with Gasteiger partial charge in [0.05, 0.1) is 5.69 Å². The van der Waals surface area contributed by atoms with Gasteiger partial charge in [-0.3, -0.25) is 4.79 Å². The summed E-state index contributed by atoms with van der Waals surface area (Å²) < 4.78 is 0. The van der Waals surface area contributed by atoms with Crippen LogP contribution >= 0.6 is 0 Å². The van der Waals surface area contributed by atoms with Gasteiger partial charge in [0, 0.05) is 22.8 Å². The van der Waals surface area contributed by atoms with Crippen LogP contribution in [-0.2, 0) is 0 Å². The second-order valence-corrected chi connectivity index (χ2v) is 4.21. The minimum atomic E-state index is -0.132. The molecule has 0 saturated heterocycles. The van der Waals surface area contributed by atoms with E-state index in [1.54, 1.807) is 18.3 Å². The Bertz CT molecular complexity index is 695. The molecule has 0 radical (unpaired) electrons. The zero-order valence-corrected chi connectivity index (χ0v) is 9.95. The second kappa shape index (κ2) is 4.07. The van der Waals surface area contributed by atoms with Crippen molar-refractivity contribution in [2.45, 2.75) is 6.92 Å². The third kappa shape index (κ3) is 1.68. The molecule has 18 heavy (non-hydrogen) atoms. The summed E-state index contributed by atoms with van der Waals surface area (Å²) in [6, 6.07) is 11.5. The number of carbonyl (C=O) groups is 1. The van der Waals surface area contributed by atoms with E-state index in [1.807, 2.05) is 31.2 Å². The predicted molar refractivity (Wildman–Crippen MR) is 71.8 cm³/mol. The number of nitrogens with one attached hydrogen (secondary N) is 3. The number of amides is 1. The second-order valence-electron chi connectivity index (χ2n) is 4.21. The smallest absolute Gasteiger partial charge is 0.272 e. The Kier molecular flexibility index (Phi) is 2.41. The molecule has 4 heteroatoms. The highest BCUT2D eigenvalue weighted by atomic mass is 16.1. The molecule has 2 aromatic heterocycles. The highest BCUT2D eigenvalue weighted by molar-refractivity contribution is 6.08. The summed E-state index contributed by atoms with van der Waals surface area (Å²) in [6.45, 7) is 1.95. The molecule has 0 bridgehead atoms. The van der Waals surface area contributed by atoms with Crippen LogP contribution in [0, 0.1) is 6.92 Å². The first-order valence-electron chi connectivity index (χ1n) is 5.78. The van der Waals surface area contributed by atoms with Crippen molar-refractivity contribution in [2.75, 3.05) is 5.32 Å². The predicted octanol–water partition coefficient (Wildman–Crippen LogP) is 3.06. The van der Waals surface area contributed by atoms with Crippen LogP contribution in [0.4, 0.5) is 5.69 Å². The van der Waals surface area contributed by atoms with Crippen LogP contribution < -0.4 is 5.32 Å². The fourth-order valence-electron chi connectivity index (χ4n) is 2.09. The van der Waals surface area contributed by atoms with Gasteiger partial charge in [-0.05, 0) is 25.1 Å². The lowest BCUT2D eigenvalue weighted by molar-refractivity contribution is 0.102. The number of aromatic amines is 2. The summed E-state index contributed by atoms with van der Waals surface area (Å²) in [7, 11) is 0. The number of fused-ring (bicyclic) bond motifs is 1. The third-order valence-corrected chi connectivity index (χ3v) is 2.97. The molecule has 0 aliphatic heterocycles. The molecule has 0 aliphatic carbocycles. The normalized spacial score (nSPS) is 10.7. The number of rotatable bonds is 2. The van der Waals surface area contributed by atoms with Crippen molar-refractivity contribution in [1.82, 2.24) is 9.97 Å². The molecule has 1 amide bonds. The van der Waals surface area contributed by atoms with Crippen molar-refractivity contribution < 1.29 is 4.79 Å². The fraction of sp³-hybridized carbons (Fsp3) is 0.0714. The minimum absolute atomic E-state index is 0.132. The SMILES string of the molecule is Cc1[nH]c2ccccc2c1NC(=O)c1ccc[nH]1. The standard InChI is InChI=1S/C14H13N3O/c1-9-13(10-5-2-3-6-11(10)16-9)17-14(18)12-7-4-8-15-12/h2-8,15-16H,1H3,(H,17,18). The van der Waals surface area contributed by atoms with Gasteiger partial charge in [-0.2, -0.15) is 0 Å². The maximum atomic E-state index is 12.0. The highest BCUT2D eigenvalue weighted by Crippen LogP contribution is 2.27. The van der Waals surface area contributed by atoms with Crippen molar-refractivity contribution in [3.05, 3.63) is 54.0 Å². The van der Waals surface area contributed by atoms with Crippen molar-refractivity contribution >= 4 is 22.5 Å². The van der Waals surface area contributed by atoms with E-state index < -0.39 is 0 Å². The monoisotopic (exact) mass is 239 g/mol.